The number of hydrogen-bond donors (Lipinski definition) is 3. The maximum Gasteiger partial charge on any atom is 0.416 e. The first-order valence-corrected chi connectivity index (χ1v) is 13.9. The van der Waals surface area contributed by atoms with Gasteiger partial charge in [-0.05, 0) is 62.9 Å². The van der Waals surface area contributed by atoms with Crippen LogP contribution in [0.5, 0.6) is 11.5 Å². The van der Waals surface area contributed by atoms with Gasteiger partial charge in [-0.3, -0.25) is 4.99 Å². The van der Waals surface area contributed by atoms with Crippen molar-refractivity contribution in [1.29, 1.82) is 0 Å². The third-order valence-electron chi connectivity index (χ3n) is 7.64. The highest BCUT2D eigenvalue weighted by molar-refractivity contribution is 6.14. The number of carboxylic acid groups (broad SMARTS) is 1. The molecule has 0 bridgehead atoms. The van der Waals surface area contributed by atoms with Crippen molar-refractivity contribution in [2.45, 2.75) is 39.2 Å². The first-order valence-electron chi connectivity index (χ1n) is 13.9. The van der Waals surface area contributed by atoms with Crippen molar-refractivity contribution in [2.75, 3.05) is 0 Å². The van der Waals surface area contributed by atoms with Gasteiger partial charge in [-0.15, -0.1) is 0 Å². The molecule has 5 aromatic rings. The van der Waals surface area contributed by atoms with E-state index in [1.165, 1.54) is 12.3 Å². The van der Waals surface area contributed by atoms with Crippen molar-refractivity contribution in [1.82, 2.24) is 0 Å². The lowest BCUT2D eigenvalue weighted by atomic mass is 9.86. The van der Waals surface area contributed by atoms with Crippen LogP contribution in [0.3, 0.4) is 0 Å². The number of phenols is 2. The SMILES string of the molecule is CC(C)(C)[C@H](N=Cc1cc2ccccc2c(-c2c(O)c(-c3cc(C(F)(F)F)cc(C(F)(F)F)c3)cc3ccccc23)c1O)C(=O)O. The topological polar surface area (TPSA) is 90.1 Å². The summed E-state index contributed by atoms with van der Waals surface area (Å²) in [5, 5.41) is 34.8. The average Bonchev–Trinajstić information content (AvgIpc) is 2.96. The number of aliphatic carboxylic acids is 1. The van der Waals surface area contributed by atoms with E-state index < -0.39 is 58.0 Å². The van der Waals surface area contributed by atoms with Crippen molar-refractivity contribution in [2.24, 2.45) is 10.4 Å². The monoisotopic (exact) mass is 639 g/mol. The molecule has 0 amide bonds. The van der Waals surface area contributed by atoms with Crippen LogP contribution >= 0.6 is 0 Å². The molecule has 0 fully saturated rings. The molecule has 3 N–H and O–H groups in total. The van der Waals surface area contributed by atoms with Crippen LogP contribution in [0.4, 0.5) is 26.3 Å². The van der Waals surface area contributed by atoms with Gasteiger partial charge in [-0.2, -0.15) is 26.3 Å². The van der Waals surface area contributed by atoms with E-state index in [4.69, 9.17) is 0 Å². The van der Waals surface area contributed by atoms with Crippen molar-refractivity contribution in [3.63, 3.8) is 0 Å². The van der Waals surface area contributed by atoms with Crippen LogP contribution in [0, 0.1) is 5.41 Å². The molecule has 0 aliphatic heterocycles. The smallest absolute Gasteiger partial charge is 0.416 e. The molecular formula is C35H27F6NO4. The Labute approximate surface area is 259 Å². The Morgan fingerprint density at radius 1 is 0.717 bits per heavy atom. The zero-order valence-electron chi connectivity index (χ0n) is 24.6. The number of hydrogen-bond acceptors (Lipinski definition) is 4. The average molecular weight is 640 g/mol. The molecule has 0 aliphatic carbocycles. The largest absolute Gasteiger partial charge is 0.507 e. The number of aliphatic imine (C=N–C) groups is 1. The van der Waals surface area contributed by atoms with Crippen molar-refractivity contribution < 1.29 is 46.5 Å². The Morgan fingerprint density at radius 2 is 1.20 bits per heavy atom. The number of carboxylic acids is 1. The Hall–Kier alpha value is -5.06. The van der Waals surface area contributed by atoms with Gasteiger partial charge >= 0.3 is 18.3 Å². The molecule has 0 heterocycles. The minimum atomic E-state index is -5.12. The number of benzene rings is 5. The Bertz CT molecular complexity index is 1990. The summed E-state index contributed by atoms with van der Waals surface area (Å²) in [6.07, 6.45) is -9.04. The molecule has 46 heavy (non-hydrogen) atoms. The summed E-state index contributed by atoms with van der Waals surface area (Å²) in [6, 6.07) is 15.8. The quantitative estimate of drug-likeness (QED) is 0.132. The molecule has 0 saturated carbocycles. The summed E-state index contributed by atoms with van der Waals surface area (Å²) in [4.78, 5) is 16.2. The van der Waals surface area contributed by atoms with Crippen molar-refractivity contribution in [3.05, 3.63) is 95.6 Å². The van der Waals surface area contributed by atoms with Gasteiger partial charge in [0.05, 0.1) is 11.1 Å². The molecule has 0 radical (unpaired) electrons. The normalized spacial score (nSPS) is 13.5. The molecule has 0 aliphatic rings. The van der Waals surface area contributed by atoms with E-state index in [1.54, 1.807) is 75.4 Å². The Morgan fingerprint density at radius 3 is 1.67 bits per heavy atom. The molecule has 238 valence electrons. The first kappa shape index (κ1) is 32.3. The van der Waals surface area contributed by atoms with Crippen molar-refractivity contribution in [3.8, 4) is 33.8 Å². The highest BCUT2D eigenvalue weighted by Gasteiger charge is 2.37. The Kier molecular flexibility index (Phi) is 8.00. The molecule has 1 atom stereocenters. The van der Waals surface area contributed by atoms with Crippen LogP contribution in [0.1, 0.15) is 37.5 Å². The number of aromatic hydroxyl groups is 2. The van der Waals surface area contributed by atoms with Gasteiger partial charge in [0.25, 0.3) is 0 Å². The second kappa shape index (κ2) is 11.4. The minimum Gasteiger partial charge on any atom is -0.507 e. The lowest BCUT2D eigenvalue weighted by Gasteiger charge is -2.23. The molecule has 11 heteroatoms. The number of phenolic OH excluding ortho intramolecular Hbond substituents is 2. The summed E-state index contributed by atoms with van der Waals surface area (Å²) >= 11 is 0. The highest BCUT2D eigenvalue weighted by atomic mass is 19.4. The maximum absolute atomic E-state index is 13.8. The second-order valence-corrected chi connectivity index (χ2v) is 12.0. The fourth-order valence-electron chi connectivity index (χ4n) is 5.44. The van der Waals surface area contributed by atoms with E-state index in [2.05, 4.69) is 4.99 Å². The van der Waals surface area contributed by atoms with E-state index >= 15 is 0 Å². The van der Waals surface area contributed by atoms with Gasteiger partial charge in [0.15, 0.2) is 6.04 Å². The fourth-order valence-corrected chi connectivity index (χ4v) is 5.44. The molecule has 0 unspecified atom stereocenters. The molecule has 0 saturated heterocycles. The maximum atomic E-state index is 13.8. The van der Waals surface area contributed by atoms with Gasteiger partial charge in [0.2, 0.25) is 0 Å². The third-order valence-corrected chi connectivity index (χ3v) is 7.64. The van der Waals surface area contributed by atoms with Gasteiger partial charge in [0.1, 0.15) is 11.5 Å². The van der Waals surface area contributed by atoms with Crippen LogP contribution < -0.4 is 0 Å². The minimum absolute atomic E-state index is 0.00657. The van der Waals surface area contributed by atoms with Gasteiger partial charge in [0, 0.05) is 28.5 Å². The summed E-state index contributed by atoms with van der Waals surface area (Å²) in [7, 11) is 0. The number of nitrogens with zero attached hydrogens (tertiary/aromatic N) is 1. The molecule has 0 spiro atoms. The zero-order valence-corrected chi connectivity index (χ0v) is 24.6. The van der Waals surface area contributed by atoms with E-state index in [0.29, 0.717) is 33.7 Å². The van der Waals surface area contributed by atoms with Crippen LogP contribution in [0.25, 0.3) is 43.8 Å². The number of carbonyl (C=O) groups is 1. The summed E-state index contributed by atoms with van der Waals surface area (Å²) in [6.45, 7) is 5.05. The molecule has 5 rings (SSSR count). The van der Waals surface area contributed by atoms with E-state index in [9.17, 15) is 46.5 Å². The summed E-state index contributed by atoms with van der Waals surface area (Å²) in [5.74, 6) is -2.29. The standard InChI is InChI=1S/C35H27F6NO4/c1-33(2,3)31(32(45)46)42-17-21-12-18-8-4-6-10-24(18)27(29(21)43)28-25-11-7-5-9-19(25)15-26(30(28)44)20-13-22(34(36,37)38)16-23(14-20)35(39,40)41/h4-17,31,43-44H,1-3H3,(H,45,46)/t31-/m1/s1. The molecule has 5 nitrogen and oxygen atoms in total. The van der Waals surface area contributed by atoms with Gasteiger partial charge in [-0.1, -0.05) is 69.3 Å². The van der Waals surface area contributed by atoms with Crippen LogP contribution in [0.2, 0.25) is 0 Å². The van der Waals surface area contributed by atoms with E-state index in [1.807, 2.05) is 0 Å². The van der Waals surface area contributed by atoms with Crippen LogP contribution in [-0.2, 0) is 17.1 Å². The highest BCUT2D eigenvalue weighted by Crippen LogP contribution is 2.50. The lowest BCUT2D eigenvalue weighted by molar-refractivity contribution is -0.143. The number of rotatable bonds is 5. The van der Waals surface area contributed by atoms with Crippen LogP contribution in [-0.4, -0.2) is 33.5 Å². The lowest BCUT2D eigenvalue weighted by Crippen LogP contribution is -2.32. The van der Waals surface area contributed by atoms with Crippen LogP contribution in [0.15, 0.2) is 83.9 Å². The zero-order chi connectivity index (χ0) is 33.8. The molecular weight excluding hydrogens is 612 g/mol. The fraction of sp³-hybridized carbons (Fsp3) is 0.200. The predicted octanol–water partition coefficient (Wildman–Crippen LogP) is 9.69. The molecule has 0 aromatic heterocycles. The predicted molar refractivity (Wildman–Crippen MR) is 164 cm³/mol. The Balaban J connectivity index is 1.87. The first-order chi connectivity index (χ1) is 21.4. The van der Waals surface area contributed by atoms with E-state index in [0.717, 1.165) is 0 Å². The molecule has 5 aromatic carbocycles. The number of alkyl halides is 6. The van der Waals surface area contributed by atoms with E-state index in [-0.39, 0.29) is 28.3 Å². The second-order valence-electron chi connectivity index (χ2n) is 12.0. The van der Waals surface area contributed by atoms with Crippen molar-refractivity contribution >= 4 is 33.7 Å². The summed E-state index contributed by atoms with van der Waals surface area (Å²) < 4.78 is 82.6. The third kappa shape index (κ3) is 6.09. The van der Waals surface area contributed by atoms with Gasteiger partial charge in [-0.25, -0.2) is 4.79 Å². The number of halogens is 6. The number of fused-ring (bicyclic) bond motifs is 2. The summed E-state index contributed by atoms with van der Waals surface area (Å²) in [5.41, 5.74) is -4.70. The van der Waals surface area contributed by atoms with Gasteiger partial charge < -0.3 is 15.3 Å².